The van der Waals surface area contributed by atoms with E-state index in [1.807, 2.05) is 11.8 Å². The van der Waals surface area contributed by atoms with Crippen LogP contribution in [0.15, 0.2) is 48.6 Å². The molecule has 2 saturated heterocycles. The van der Waals surface area contributed by atoms with Gasteiger partial charge in [0.05, 0.1) is 12.1 Å². The van der Waals surface area contributed by atoms with E-state index in [0.29, 0.717) is 31.2 Å². The number of rotatable bonds is 25. The minimum atomic E-state index is -0.0453. The molecule has 0 spiro atoms. The summed E-state index contributed by atoms with van der Waals surface area (Å²) in [5.41, 5.74) is 0. The summed E-state index contributed by atoms with van der Waals surface area (Å²) in [6, 6.07) is 0.461. The van der Waals surface area contributed by atoms with Gasteiger partial charge in [-0.2, -0.15) is 11.8 Å². The summed E-state index contributed by atoms with van der Waals surface area (Å²) in [4.78, 5) is 35.6. The third kappa shape index (κ3) is 18.7. The molecule has 0 bridgehead atoms. The molecular formula is C35H58N4O3S. The van der Waals surface area contributed by atoms with Crippen molar-refractivity contribution in [2.45, 2.75) is 133 Å². The molecule has 4 amide bonds. The SMILES string of the molecule is CCCCC/C=C/C/C=C/C/C=C/C/C=C/CCCC(=O)NCCCCCNC(=O)CCCC[C@@H]1SC[C@@H]2NC(=O)N[C@@H]21. The van der Waals surface area contributed by atoms with Gasteiger partial charge in [0.15, 0.2) is 0 Å². The van der Waals surface area contributed by atoms with Crippen LogP contribution >= 0.6 is 11.8 Å². The zero-order valence-corrected chi connectivity index (χ0v) is 27.4. The van der Waals surface area contributed by atoms with Gasteiger partial charge in [0, 0.05) is 36.9 Å². The average molecular weight is 615 g/mol. The van der Waals surface area contributed by atoms with Crippen molar-refractivity contribution < 1.29 is 14.4 Å². The Hall–Kier alpha value is -2.48. The number of nitrogens with one attached hydrogen (secondary N) is 4. The first-order valence-electron chi connectivity index (χ1n) is 16.9. The van der Waals surface area contributed by atoms with Crippen LogP contribution in [0.25, 0.3) is 0 Å². The molecule has 3 atom stereocenters. The maximum absolute atomic E-state index is 12.1. The smallest absolute Gasteiger partial charge is 0.315 e. The number of carbonyl (C=O) groups is 3. The van der Waals surface area contributed by atoms with Gasteiger partial charge in [-0.05, 0) is 77.0 Å². The van der Waals surface area contributed by atoms with Gasteiger partial charge in [-0.3, -0.25) is 9.59 Å². The molecule has 0 aromatic carbocycles. The number of hydrogen-bond acceptors (Lipinski definition) is 4. The van der Waals surface area contributed by atoms with E-state index >= 15 is 0 Å². The molecule has 4 N–H and O–H groups in total. The lowest BCUT2D eigenvalue weighted by Crippen LogP contribution is -2.36. The molecule has 43 heavy (non-hydrogen) atoms. The number of urea groups is 1. The predicted octanol–water partition coefficient (Wildman–Crippen LogP) is 7.26. The van der Waals surface area contributed by atoms with Crippen molar-refractivity contribution in [3.63, 3.8) is 0 Å². The van der Waals surface area contributed by atoms with Crippen molar-refractivity contribution >= 4 is 29.6 Å². The lowest BCUT2D eigenvalue weighted by atomic mass is 10.0. The number of amides is 4. The summed E-state index contributed by atoms with van der Waals surface area (Å²) in [5.74, 6) is 1.22. The van der Waals surface area contributed by atoms with E-state index in [9.17, 15) is 14.4 Å². The summed E-state index contributed by atoms with van der Waals surface area (Å²) in [6.07, 6.45) is 34.6. The summed E-state index contributed by atoms with van der Waals surface area (Å²) < 4.78 is 0. The molecule has 2 heterocycles. The Bertz CT molecular complexity index is 902. The lowest BCUT2D eigenvalue weighted by molar-refractivity contribution is -0.121. The molecule has 0 saturated carbocycles. The fraction of sp³-hybridized carbons (Fsp3) is 0.686. The Balaban J connectivity index is 1.30. The quantitative estimate of drug-likeness (QED) is 0.0494. The van der Waals surface area contributed by atoms with Crippen molar-refractivity contribution in [3.8, 4) is 0 Å². The van der Waals surface area contributed by atoms with Crippen molar-refractivity contribution in [1.29, 1.82) is 0 Å². The van der Waals surface area contributed by atoms with E-state index in [0.717, 1.165) is 76.4 Å². The van der Waals surface area contributed by atoms with Crippen molar-refractivity contribution in [3.05, 3.63) is 48.6 Å². The first-order chi connectivity index (χ1) is 21.1. The van der Waals surface area contributed by atoms with E-state index in [1.54, 1.807) is 0 Å². The second-order valence-corrected chi connectivity index (χ2v) is 12.9. The summed E-state index contributed by atoms with van der Waals surface area (Å²) in [5, 5.41) is 12.5. The fourth-order valence-electron chi connectivity index (χ4n) is 5.27. The van der Waals surface area contributed by atoms with Crippen LogP contribution in [0.3, 0.4) is 0 Å². The summed E-state index contributed by atoms with van der Waals surface area (Å²) >= 11 is 1.92. The lowest BCUT2D eigenvalue weighted by Gasteiger charge is -2.16. The van der Waals surface area contributed by atoms with Gasteiger partial charge >= 0.3 is 6.03 Å². The zero-order valence-electron chi connectivity index (χ0n) is 26.6. The second-order valence-electron chi connectivity index (χ2n) is 11.6. The van der Waals surface area contributed by atoms with E-state index in [2.05, 4.69) is 76.8 Å². The standard InChI is InChI=1S/C35H58N4O3S/c1-2-3-4-5-6-7-8-9-10-11-12-13-14-15-16-17-19-25-32(40)36-27-22-18-23-28-37-33(41)26-21-20-24-31-34-30(29-43-31)38-35(42)39-34/h6-7,9-10,12-13,15-16,30-31,34H,2-5,8,11,14,17-29H2,1H3,(H,36,40)(H,37,41)(H2,38,39,42)/b7-6+,10-9+,13-12+,16-15+/t30-,31-,34-/m0/s1. The van der Waals surface area contributed by atoms with Crippen LogP contribution < -0.4 is 21.3 Å². The first-order valence-corrected chi connectivity index (χ1v) is 18.0. The van der Waals surface area contributed by atoms with Crippen molar-refractivity contribution in [2.24, 2.45) is 0 Å². The maximum Gasteiger partial charge on any atom is 0.315 e. The van der Waals surface area contributed by atoms with Gasteiger partial charge in [0.1, 0.15) is 0 Å². The van der Waals surface area contributed by atoms with E-state index in [-0.39, 0.29) is 29.9 Å². The number of hydrogen-bond donors (Lipinski definition) is 4. The molecule has 0 aromatic rings. The predicted molar refractivity (Wildman–Crippen MR) is 182 cm³/mol. The molecule has 0 unspecified atom stereocenters. The molecule has 2 aliphatic heterocycles. The van der Waals surface area contributed by atoms with E-state index in [1.165, 1.54) is 25.7 Å². The third-order valence-electron chi connectivity index (χ3n) is 7.81. The average Bonchev–Trinajstić information content (AvgIpc) is 3.55. The van der Waals surface area contributed by atoms with E-state index < -0.39 is 0 Å². The van der Waals surface area contributed by atoms with Crippen LogP contribution in [0.5, 0.6) is 0 Å². The molecule has 0 aromatic heterocycles. The Morgan fingerprint density at radius 2 is 1.30 bits per heavy atom. The molecular weight excluding hydrogens is 556 g/mol. The van der Waals surface area contributed by atoms with Crippen molar-refractivity contribution in [2.75, 3.05) is 18.8 Å². The topological polar surface area (TPSA) is 99.3 Å². The van der Waals surface area contributed by atoms with Gasteiger partial charge in [0.2, 0.25) is 11.8 Å². The maximum atomic E-state index is 12.1. The summed E-state index contributed by atoms with van der Waals surface area (Å²) in [7, 11) is 0. The number of unbranched alkanes of at least 4 members (excludes halogenated alkanes) is 7. The highest BCUT2D eigenvalue weighted by Gasteiger charge is 2.42. The molecule has 7 nitrogen and oxygen atoms in total. The Morgan fingerprint density at radius 1 is 0.721 bits per heavy atom. The molecule has 0 aliphatic carbocycles. The van der Waals surface area contributed by atoms with Crippen LogP contribution in [-0.2, 0) is 9.59 Å². The van der Waals surface area contributed by atoms with Gasteiger partial charge in [0.25, 0.3) is 0 Å². The Labute approximate surface area is 265 Å². The highest BCUT2D eigenvalue weighted by Crippen LogP contribution is 2.33. The van der Waals surface area contributed by atoms with Gasteiger partial charge < -0.3 is 21.3 Å². The first kappa shape index (κ1) is 36.7. The minimum Gasteiger partial charge on any atom is -0.356 e. The fourth-order valence-corrected chi connectivity index (χ4v) is 6.82. The van der Waals surface area contributed by atoms with Crippen LogP contribution in [0.1, 0.15) is 116 Å². The van der Waals surface area contributed by atoms with Gasteiger partial charge in [-0.1, -0.05) is 74.8 Å². The van der Waals surface area contributed by atoms with Crippen molar-refractivity contribution in [1.82, 2.24) is 21.3 Å². The van der Waals surface area contributed by atoms with Gasteiger partial charge in [-0.15, -0.1) is 0 Å². The largest absolute Gasteiger partial charge is 0.356 e. The molecule has 8 heteroatoms. The minimum absolute atomic E-state index is 0.0453. The third-order valence-corrected chi connectivity index (χ3v) is 9.32. The number of fused-ring (bicyclic) bond motifs is 1. The van der Waals surface area contributed by atoms with Crippen LogP contribution in [0.2, 0.25) is 0 Å². The number of thioether (sulfide) groups is 1. The zero-order chi connectivity index (χ0) is 30.8. The molecule has 0 radical (unpaired) electrons. The number of allylic oxidation sites excluding steroid dienone is 8. The molecule has 242 valence electrons. The van der Waals surface area contributed by atoms with Crippen LogP contribution in [-0.4, -0.2) is 54.0 Å². The monoisotopic (exact) mass is 614 g/mol. The molecule has 2 rings (SSSR count). The second kappa shape index (κ2) is 24.9. The molecule has 2 fully saturated rings. The highest BCUT2D eigenvalue weighted by molar-refractivity contribution is 8.00. The van der Waals surface area contributed by atoms with Crippen LogP contribution in [0, 0.1) is 0 Å². The Morgan fingerprint density at radius 3 is 1.93 bits per heavy atom. The van der Waals surface area contributed by atoms with Crippen LogP contribution in [0.4, 0.5) is 4.79 Å². The normalized spacial score (nSPS) is 19.9. The highest BCUT2D eigenvalue weighted by atomic mass is 32.2. The van der Waals surface area contributed by atoms with E-state index in [4.69, 9.17) is 0 Å². The van der Waals surface area contributed by atoms with Gasteiger partial charge in [-0.25, -0.2) is 4.79 Å². The Kier molecular flexibility index (Phi) is 21.3. The summed E-state index contributed by atoms with van der Waals surface area (Å²) in [6.45, 7) is 3.64. The number of carbonyl (C=O) groups excluding carboxylic acids is 3. The molecule has 2 aliphatic rings.